The number of hydrogen-bond acceptors (Lipinski definition) is 0. The molecule has 0 saturated carbocycles. The Labute approximate surface area is 86.2 Å². The molecule has 0 aliphatic heterocycles. The van der Waals surface area contributed by atoms with E-state index >= 15 is 0 Å². The normalized spacial score (nSPS) is 14.4. The minimum atomic E-state index is -0.377. The topological polar surface area (TPSA) is 0 Å². The molecule has 0 saturated heterocycles. The van der Waals surface area contributed by atoms with Crippen LogP contribution in [-0.2, 0) is 19.5 Å². The standard InChI is InChI=1S/C7H7.BrH.Zn/c1-7-5-3-2-4-6-7;;/h2-6H,1H2;1H;/q-1;;+2/p-1/i2D,3D,4D,5D,6D;;. The Morgan fingerprint density at radius 2 is 1.67 bits per heavy atom. The number of hydrogen-bond donors (Lipinski definition) is 0. The maximum atomic E-state index is 7.25. The molecule has 0 aromatic heterocycles. The van der Waals surface area contributed by atoms with Crippen molar-refractivity contribution < 1.29 is 43.3 Å². The summed E-state index contributed by atoms with van der Waals surface area (Å²) in [6, 6.07) is -1.51. The Balaban J connectivity index is 0. The van der Waals surface area contributed by atoms with Crippen LogP contribution in [0.25, 0.3) is 0 Å². The van der Waals surface area contributed by atoms with Crippen LogP contribution in [0.5, 0.6) is 0 Å². The zero-order valence-electron chi connectivity index (χ0n) is 9.79. The minimum Gasteiger partial charge on any atom is -1.00 e. The summed E-state index contributed by atoms with van der Waals surface area (Å²) in [5.41, 5.74) is 0.0426. The fraction of sp³-hybridized carbons (Fsp3) is 0. The third-order valence-electron chi connectivity index (χ3n) is 0.552. The van der Waals surface area contributed by atoms with E-state index in [0.717, 1.165) is 0 Å². The van der Waals surface area contributed by atoms with Crippen molar-refractivity contribution in [3.05, 3.63) is 42.7 Å². The van der Waals surface area contributed by atoms with Gasteiger partial charge in [0, 0.05) is 2.74 Å². The molecular weight excluding hydrogens is 229 g/mol. The van der Waals surface area contributed by atoms with E-state index in [4.69, 9.17) is 6.85 Å². The second kappa shape index (κ2) is 6.32. The summed E-state index contributed by atoms with van der Waals surface area (Å²) in [6.07, 6.45) is 0. The Morgan fingerprint density at radius 1 is 1.22 bits per heavy atom. The van der Waals surface area contributed by atoms with Crippen LogP contribution in [0, 0.1) is 6.92 Å². The molecule has 1 aromatic carbocycles. The van der Waals surface area contributed by atoms with Gasteiger partial charge in [-0.25, -0.2) is 0 Å². The molecule has 0 amide bonds. The van der Waals surface area contributed by atoms with Gasteiger partial charge in [0.2, 0.25) is 0 Å². The first-order valence-electron chi connectivity index (χ1n) is 4.35. The second-order valence-electron chi connectivity index (χ2n) is 1.10. The molecular formula is C7H7BrZn. The van der Waals surface area contributed by atoms with Crippen molar-refractivity contribution in [2.45, 2.75) is 0 Å². The van der Waals surface area contributed by atoms with E-state index in [1.807, 2.05) is 0 Å². The molecule has 2 heteroatoms. The predicted octanol–water partition coefficient (Wildman–Crippen LogP) is -1.13. The molecule has 1 rings (SSSR count). The molecule has 0 spiro atoms. The third-order valence-corrected chi connectivity index (χ3v) is 0.552. The largest absolute Gasteiger partial charge is 2.00 e. The van der Waals surface area contributed by atoms with Crippen LogP contribution in [-0.4, -0.2) is 0 Å². The summed E-state index contributed by atoms with van der Waals surface area (Å²) in [4.78, 5) is 0. The molecule has 0 bridgehead atoms. The molecule has 0 radical (unpaired) electrons. The van der Waals surface area contributed by atoms with Crippen LogP contribution >= 0.6 is 0 Å². The van der Waals surface area contributed by atoms with Crippen LogP contribution < -0.4 is 17.0 Å². The first-order valence-corrected chi connectivity index (χ1v) is 1.85. The van der Waals surface area contributed by atoms with Crippen LogP contribution in [0.2, 0.25) is 0 Å². The molecule has 0 aliphatic rings. The molecule has 0 atom stereocenters. The van der Waals surface area contributed by atoms with Crippen molar-refractivity contribution >= 4 is 0 Å². The summed E-state index contributed by atoms with van der Waals surface area (Å²) >= 11 is 0. The van der Waals surface area contributed by atoms with Crippen molar-refractivity contribution in [2.75, 3.05) is 0 Å². The minimum absolute atomic E-state index is 0. The molecule has 44 valence electrons. The van der Waals surface area contributed by atoms with Gasteiger partial charge < -0.3 is 17.0 Å². The van der Waals surface area contributed by atoms with Crippen molar-refractivity contribution in [1.82, 2.24) is 0 Å². The van der Waals surface area contributed by atoms with Gasteiger partial charge >= 0.3 is 19.5 Å². The maximum absolute atomic E-state index is 7.25. The van der Waals surface area contributed by atoms with Gasteiger partial charge in [-0.3, -0.25) is 0 Å². The molecule has 0 aliphatic carbocycles. The summed E-state index contributed by atoms with van der Waals surface area (Å²) in [7, 11) is 0. The molecule has 0 heterocycles. The van der Waals surface area contributed by atoms with Crippen molar-refractivity contribution in [2.24, 2.45) is 0 Å². The molecule has 0 nitrogen and oxygen atoms in total. The van der Waals surface area contributed by atoms with Crippen LogP contribution in [0.1, 0.15) is 12.4 Å². The summed E-state index contributed by atoms with van der Waals surface area (Å²) in [5, 5.41) is 0. The SMILES string of the molecule is [2H]c1c([2H])c([2H])c([CH2-])c([2H])c1[2H].[Br-].[Zn+2]. The van der Waals surface area contributed by atoms with Gasteiger partial charge in [0.15, 0.2) is 0 Å². The monoisotopic (exact) mass is 239 g/mol. The predicted molar refractivity (Wildman–Crippen MR) is 30.9 cm³/mol. The molecule has 9 heavy (non-hydrogen) atoms. The fourth-order valence-electron chi connectivity index (χ4n) is 0.276. The smallest absolute Gasteiger partial charge is 1.00 e. The van der Waals surface area contributed by atoms with E-state index < -0.39 is 0 Å². The number of rotatable bonds is 0. The van der Waals surface area contributed by atoms with Gasteiger partial charge in [-0.2, -0.15) is 24.6 Å². The van der Waals surface area contributed by atoms with Crippen LogP contribution in [0.15, 0.2) is 30.2 Å². The number of benzene rings is 1. The van der Waals surface area contributed by atoms with Crippen molar-refractivity contribution in [3.8, 4) is 0 Å². The van der Waals surface area contributed by atoms with E-state index in [0.29, 0.717) is 0 Å². The van der Waals surface area contributed by atoms with Gasteiger partial charge in [0.25, 0.3) is 0 Å². The van der Waals surface area contributed by atoms with Gasteiger partial charge in [0.1, 0.15) is 0 Å². The van der Waals surface area contributed by atoms with E-state index in [9.17, 15) is 0 Å². The van der Waals surface area contributed by atoms with E-state index in [1.165, 1.54) is 0 Å². The molecule has 0 fully saturated rings. The van der Waals surface area contributed by atoms with Gasteiger partial charge in [-0.05, 0) is 2.74 Å². The Kier molecular flexibility index (Phi) is 2.91. The van der Waals surface area contributed by atoms with Crippen molar-refractivity contribution in [1.29, 1.82) is 0 Å². The number of halogens is 1. The summed E-state index contributed by atoms with van der Waals surface area (Å²) < 4.78 is 36.1. The van der Waals surface area contributed by atoms with Gasteiger partial charge in [0.05, 0.1) is 1.37 Å². The average molecular weight is 241 g/mol. The van der Waals surface area contributed by atoms with E-state index in [-0.39, 0.29) is 72.2 Å². The van der Waals surface area contributed by atoms with Gasteiger partial charge in [-0.1, -0.05) is 6.04 Å². The van der Waals surface area contributed by atoms with Crippen LogP contribution in [0.3, 0.4) is 0 Å². The van der Waals surface area contributed by atoms with Crippen molar-refractivity contribution in [3.63, 3.8) is 0 Å². The Hall–Kier alpha value is 0.193. The van der Waals surface area contributed by atoms with E-state index in [1.54, 1.807) is 0 Å². The third kappa shape index (κ3) is 4.68. The Bertz CT molecular complexity index is 236. The van der Waals surface area contributed by atoms with Gasteiger partial charge in [-0.15, -0.1) is 12.1 Å². The summed E-state index contributed by atoms with van der Waals surface area (Å²) in [5.74, 6) is 0. The first-order chi connectivity index (χ1) is 5.46. The first kappa shape index (κ1) is 4.15. The molecule has 1 aromatic rings. The zero-order chi connectivity index (χ0) is 9.46. The maximum Gasteiger partial charge on any atom is 2.00 e. The fourth-order valence-corrected chi connectivity index (χ4v) is 0.276. The van der Waals surface area contributed by atoms with Crippen LogP contribution in [0.4, 0.5) is 0 Å². The molecule has 0 N–H and O–H groups in total. The molecule has 0 unspecified atom stereocenters. The quantitative estimate of drug-likeness (QED) is 0.398. The zero-order valence-corrected chi connectivity index (χ0v) is 9.35. The average Bonchev–Trinajstić information content (AvgIpc) is 2.08. The Morgan fingerprint density at radius 3 is 2.11 bits per heavy atom. The second-order valence-corrected chi connectivity index (χ2v) is 1.10. The van der Waals surface area contributed by atoms with E-state index in [2.05, 4.69) is 6.92 Å². The summed E-state index contributed by atoms with van der Waals surface area (Å²) in [6.45, 7) is 3.38.